The summed E-state index contributed by atoms with van der Waals surface area (Å²) in [4.78, 5) is 0. The Morgan fingerprint density at radius 3 is 2.68 bits per heavy atom. The second kappa shape index (κ2) is 4.89. The number of allylic oxidation sites excluding steroid dienone is 3. The highest BCUT2D eigenvalue weighted by Gasteiger charge is 2.20. The van der Waals surface area contributed by atoms with Crippen LogP contribution in [0.25, 0.3) is 16.7 Å². The van der Waals surface area contributed by atoms with Crippen LogP contribution in [0.5, 0.6) is 0 Å². The van der Waals surface area contributed by atoms with Crippen molar-refractivity contribution in [3.8, 4) is 11.1 Å². The van der Waals surface area contributed by atoms with Gasteiger partial charge in [-0.05, 0) is 53.2 Å². The maximum Gasteiger partial charge on any atom is -0.000740 e. The van der Waals surface area contributed by atoms with Gasteiger partial charge < -0.3 is 0 Å². The molecular weight excluding hydrogens is 228 g/mol. The van der Waals surface area contributed by atoms with E-state index in [9.17, 15) is 0 Å². The van der Waals surface area contributed by atoms with Crippen molar-refractivity contribution in [2.45, 2.75) is 19.8 Å². The van der Waals surface area contributed by atoms with Crippen LogP contribution in [0.1, 0.15) is 30.0 Å². The van der Waals surface area contributed by atoms with Gasteiger partial charge >= 0.3 is 0 Å². The third-order valence-electron chi connectivity index (χ3n) is 3.91. The minimum absolute atomic E-state index is 0.934. The molecule has 19 heavy (non-hydrogen) atoms. The van der Waals surface area contributed by atoms with Gasteiger partial charge in [-0.3, -0.25) is 0 Å². The molecule has 0 nitrogen and oxygen atoms in total. The van der Waals surface area contributed by atoms with Crippen LogP contribution in [-0.4, -0.2) is 0 Å². The zero-order valence-corrected chi connectivity index (χ0v) is 11.3. The molecule has 0 unspecified atom stereocenters. The van der Waals surface area contributed by atoms with E-state index in [4.69, 9.17) is 0 Å². The smallest absolute Gasteiger partial charge is 0.000740 e. The van der Waals surface area contributed by atoms with Crippen LogP contribution in [0, 0.1) is 0 Å². The highest BCUT2D eigenvalue weighted by Crippen LogP contribution is 2.40. The minimum Gasteiger partial charge on any atom is -0.103 e. The Morgan fingerprint density at radius 2 is 1.89 bits per heavy atom. The highest BCUT2D eigenvalue weighted by molar-refractivity contribution is 5.83. The van der Waals surface area contributed by atoms with Gasteiger partial charge in [0.2, 0.25) is 0 Å². The maximum absolute atomic E-state index is 3.87. The molecule has 0 amide bonds. The van der Waals surface area contributed by atoms with Gasteiger partial charge in [0.1, 0.15) is 0 Å². The Labute approximate surface area is 115 Å². The molecule has 0 atom stereocenters. The Bertz CT molecular complexity index is 659. The molecule has 0 heterocycles. The monoisotopic (exact) mass is 246 g/mol. The lowest BCUT2D eigenvalue weighted by Gasteiger charge is -2.11. The summed E-state index contributed by atoms with van der Waals surface area (Å²) in [6, 6.07) is 15.4. The first-order valence-corrected chi connectivity index (χ1v) is 6.81. The van der Waals surface area contributed by atoms with Crippen LogP contribution in [0.4, 0.5) is 0 Å². The molecule has 0 radical (unpaired) electrons. The number of fused-ring (bicyclic) bond motifs is 3. The van der Waals surface area contributed by atoms with Crippen molar-refractivity contribution in [2.24, 2.45) is 0 Å². The van der Waals surface area contributed by atoms with Gasteiger partial charge in [0.25, 0.3) is 0 Å². The zero-order valence-electron chi connectivity index (χ0n) is 11.3. The average molecular weight is 246 g/mol. The molecule has 0 bridgehead atoms. The summed E-state index contributed by atoms with van der Waals surface area (Å²) >= 11 is 0. The fraction of sp³-hybridized carbons (Fsp3) is 0.158. The molecule has 0 aliphatic heterocycles. The van der Waals surface area contributed by atoms with Crippen LogP contribution in [0.2, 0.25) is 0 Å². The van der Waals surface area contributed by atoms with E-state index < -0.39 is 0 Å². The van der Waals surface area contributed by atoms with Crippen LogP contribution >= 0.6 is 0 Å². The van der Waals surface area contributed by atoms with E-state index in [0.717, 1.165) is 12.8 Å². The van der Waals surface area contributed by atoms with Crippen LogP contribution in [0.15, 0.2) is 61.2 Å². The van der Waals surface area contributed by atoms with Gasteiger partial charge in [0.05, 0.1) is 0 Å². The van der Waals surface area contributed by atoms with E-state index in [1.807, 2.05) is 6.08 Å². The standard InChI is InChI=1S/C19H18/c1-3-8-14(4-2)16-11-7-12-18-17-10-6-5-9-15(17)13-19(16)18/h3-7,9-12H,1,8,13H2,2H3. The third kappa shape index (κ3) is 1.94. The first-order valence-electron chi connectivity index (χ1n) is 6.81. The summed E-state index contributed by atoms with van der Waals surface area (Å²) in [5.74, 6) is 0. The van der Waals surface area contributed by atoms with Crippen LogP contribution in [-0.2, 0) is 6.42 Å². The van der Waals surface area contributed by atoms with Crippen molar-refractivity contribution in [3.05, 3.63) is 77.9 Å². The van der Waals surface area contributed by atoms with Crippen LogP contribution in [0.3, 0.4) is 0 Å². The molecule has 1 aliphatic carbocycles. The summed E-state index contributed by atoms with van der Waals surface area (Å²) in [5.41, 5.74) is 8.47. The van der Waals surface area contributed by atoms with E-state index in [0.29, 0.717) is 0 Å². The first-order chi connectivity index (χ1) is 9.35. The van der Waals surface area contributed by atoms with E-state index in [-0.39, 0.29) is 0 Å². The summed E-state index contributed by atoms with van der Waals surface area (Å²) in [7, 11) is 0. The van der Waals surface area contributed by atoms with Gasteiger partial charge in [-0.1, -0.05) is 54.6 Å². The van der Waals surface area contributed by atoms with Gasteiger partial charge in [-0.2, -0.15) is 0 Å². The summed E-state index contributed by atoms with van der Waals surface area (Å²) in [5, 5.41) is 0. The molecule has 0 spiro atoms. The zero-order chi connectivity index (χ0) is 13.2. The largest absolute Gasteiger partial charge is 0.103 e. The van der Waals surface area contributed by atoms with Crippen molar-refractivity contribution < 1.29 is 0 Å². The summed E-state index contributed by atoms with van der Waals surface area (Å²) in [6.45, 7) is 5.98. The second-order valence-corrected chi connectivity index (χ2v) is 4.97. The molecule has 0 fully saturated rings. The molecule has 1 aliphatic rings. The fourth-order valence-electron chi connectivity index (χ4n) is 3.00. The Morgan fingerprint density at radius 1 is 1.11 bits per heavy atom. The molecule has 0 saturated carbocycles. The Hall–Kier alpha value is -2.08. The molecule has 0 saturated heterocycles. The van der Waals surface area contributed by atoms with E-state index in [1.165, 1.54) is 33.4 Å². The molecule has 94 valence electrons. The molecular formula is C19H18. The Balaban J connectivity index is 2.16. The molecule has 0 heteroatoms. The predicted octanol–water partition coefficient (Wildman–Crippen LogP) is 5.24. The second-order valence-electron chi connectivity index (χ2n) is 4.97. The summed E-state index contributed by atoms with van der Waals surface area (Å²) in [6.07, 6.45) is 6.18. The lowest BCUT2D eigenvalue weighted by Crippen LogP contribution is -1.91. The van der Waals surface area contributed by atoms with Crippen molar-refractivity contribution in [1.82, 2.24) is 0 Å². The molecule has 0 aromatic heterocycles. The predicted molar refractivity (Wildman–Crippen MR) is 83.1 cm³/mol. The van der Waals surface area contributed by atoms with Crippen LogP contribution < -0.4 is 0 Å². The van der Waals surface area contributed by atoms with Gasteiger partial charge in [-0.15, -0.1) is 6.58 Å². The topological polar surface area (TPSA) is 0 Å². The quantitative estimate of drug-likeness (QED) is 0.554. The fourth-order valence-corrected chi connectivity index (χ4v) is 3.00. The average Bonchev–Trinajstić information content (AvgIpc) is 2.83. The SMILES string of the molecule is C=CCC(=CC)c1cccc2c1Cc1ccccc1-2. The molecule has 0 N–H and O–H groups in total. The van der Waals surface area contributed by atoms with Gasteiger partial charge in [0.15, 0.2) is 0 Å². The van der Waals surface area contributed by atoms with Crippen molar-refractivity contribution in [2.75, 3.05) is 0 Å². The lowest BCUT2D eigenvalue weighted by atomic mass is 9.94. The third-order valence-corrected chi connectivity index (χ3v) is 3.91. The Kier molecular flexibility index (Phi) is 3.08. The molecule has 2 aromatic carbocycles. The number of hydrogen-bond donors (Lipinski definition) is 0. The number of hydrogen-bond acceptors (Lipinski definition) is 0. The van der Waals surface area contributed by atoms with Crippen molar-refractivity contribution in [1.29, 1.82) is 0 Å². The highest BCUT2D eigenvalue weighted by atomic mass is 14.2. The van der Waals surface area contributed by atoms with Gasteiger partial charge in [-0.25, -0.2) is 0 Å². The molecule has 2 aromatic rings. The molecule has 3 rings (SSSR count). The van der Waals surface area contributed by atoms with E-state index in [2.05, 4.69) is 62.0 Å². The normalized spacial score (nSPS) is 13.0. The van der Waals surface area contributed by atoms with Crippen molar-refractivity contribution >= 4 is 5.57 Å². The first kappa shape index (κ1) is 12.0. The number of benzene rings is 2. The maximum atomic E-state index is 3.87. The van der Waals surface area contributed by atoms with Gasteiger partial charge in [0, 0.05) is 0 Å². The lowest BCUT2D eigenvalue weighted by molar-refractivity contribution is 1.23. The van der Waals surface area contributed by atoms with E-state index in [1.54, 1.807) is 0 Å². The van der Waals surface area contributed by atoms with Crippen molar-refractivity contribution in [3.63, 3.8) is 0 Å². The number of rotatable bonds is 3. The van der Waals surface area contributed by atoms with E-state index >= 15 is 0 Å². The minimum atomic E-state index is 0.934. The summed E-state index contributed by atoms with van der Waals surface area (Å²) < 4.78 is 0.